The average Bonchev–Trinajstić information content (AvgIpc) is 4.07. The quantitative estimate of drug-likeness (QED) is 0.160. The van der Waals surface area contributed by atoms with E-state index in [1.807, 2.05) is 24.3 Å². The first kappa shape index (κ1) is 38.8. The Morgan fingerprint density at radius 1 is 0.246 bits per heavy atom. The van der Waals surface area contributed by atoms with Gasteiger partial charge >= 0.3 is 0 Å². The van der Waals surface area contributed by atoms with E-state index >= 15 is 0 Å². The summed E-state index contributed by atoms with van der Waals surface area (Å²) in [5.41, 5.74) is 15.1. The van der Waals surface area contributed by atoms with Crippen molar-refractivity contribution in [3.8, 4) is 62.4 Å². The second-order valence-electron chi connectivity index (χ2n) is 17.6. The Morgan fingerprint density at radius 2 is 0.652 bits per heavy atom. The molecule has 0 fully saturated rings. The molecule has 10 aromatic carbocycles. The van der Waals surface area contributed by atoms with E-state index in [0.717, 1.165) is 77.5 Å². The Kier molecular flexibility index (Phi) is 8.79. The molecule has 0 radical (unpaired) electrons. The highest BCUT2D eigenvalue weighted by atomic mass is 15.2. The van der Waals surface area contributed by atoms with Crippen LogP contribution in [0.25, 0.3) is 128 Å². The topological polar surface area (TPSA) is 53.5 Å². The zero-order valence-corrected chi connectivity index (χ0v) is 37.3. The van der Waals surface area contributed by atoms with Crippen molar-refractivity contribution in [3.63, 3.8) is 0 Å². The summed E-state index contributed by atoms with van der Waals surface area (Å²) in [7, 11) is 0. The molecule has 0 saturated heterocycles. The van der Waals surface area contributed by atoms with Crippen LogP contribution in [-0.4, -0.2) is 28.7 Å². The monoisotopic (exact) mass is 880 g/mol. The zero-order chi connectivity index (χ0) is 45.4. The van der Waals surface area contributed by atoms with Gasteiger partial charge in [-0.25, -0.2) is 4.98 Å². The summed E-state index contributed by atoms with van der Waals surface area (Å²) in [4.78, 5) is 16.1. The first-order chi connectivity index (χ1) is 34.2. The molecule has 14 aromatic rings. The van der Waals surface area contributed by atoms with Gasteiger partial charge in [0.1, 0.15) is 0 Å². The van der Waals surface area contributed by atoms with Crippen LogP contribution < -0.4 is 0 Å². The van der Waals surface area contributed by atoms with Crippen LogP contribution in [0, 0.1) is 0 Å². The molecule has 6 nitrogen and oxygen atoms in total. The highest BCUT2D eigenvalue weighted by molar-refractivity contribution is 6.19. The number of nitrogens with zero attached hydrogens (tertiary/aromatic N) is 6. The number of hydrogen-bond donors (Lipinski definition) is 0. The van der Waals surface area contributed by atoms with Gasteiger partial charge in [-0.05, 0) is 70.8 Å². The minimum Gasteiger partial charge on any atom is -0.309 e. The van der Waals surface area contributed by atoms with E-state index < -0.39 is 0 Å². The summed E-state index contributed by atoms with van der Waals surface area (Å²) < 4.78 is 7.14. The van der Waals surface area contributed by atoms with Crippen LogP contribution in [0.1, 0.15) is 0 Å². The summed E-state index contributed by atoms with van der Waals surface area (Å²) in [6, 6.07) is 86.3. The average molecular weight is 881 g/mol. The minimum absolute atomic E-state index is 0.533. The van der Waals surface area contributed by atoms with Gasteiger partial charge < -0.3 is 9.13 Å². The molecule has 4 heterocycles. The maximum atomic E-state index is 5.48. The molecule has 0 spiro atoms. The van der Waals surface area contributed by atoms with E-state index in [1.165, 1.54) is 32.7 Å². The van der Waals surface area contributed by atoms with E-state index in [9.17, 15) is 0 Å². The second-order valence-corrected chi connectivity index (χ2v) is 17.6. The molecule has 0 saturated carbocycles. The summed E-state index contributed by atoms with van der Waals surface area (Å²) in [5, 5.41) is 6.97. The van der Waals surface area contributed by atoms with Crippen molar-refractivity contribution >= 4 is 65.4 Å². The van der Waals surface area contributed by atoms with Gasteiger partial charge in [-0.2, -0.15) is 9.97 Å². The standard InChI is InChI=1S/C63H40N6/c1-4-18-41(19-5-1)43-34-36-45(37-35-43)62-64-61(44-22-8-3-9-23-44)65-63(66-62)69-57-32-17-31-56(67-54-30-15-12-26-49(54)51-40-46(38-39-55(51)67)42-20-6-2-7-21-42)59(57)50-27-16-33-58(60(50)69)68-52-28-13-10-24-47(52)48-25-11-14-29-53(48)68/h1-40H. The van der Waals surface area contributed by atoms with Crippen molar-refractivity contribution in [2.75, 3.05) is 0 Å². The fraction of sp³-hybridized carbons (Fsp3) is 0. The van der Waals surface area contributed by atoms with E-state index in [0.29, 0.717) is 17.6 Å². The minimum atomic E-state index is 0.533. The van der Waals surface area contributed by atoms with E-state index in [-0.39, 0.29) is 0 Å². The third kappa shape index (κ3) is 6.16. The van der Waals surface area contributed by atoms with Crippen molar-refractivity contribution < 1.29 is 0 Å². The van der Waals surface area contributed by atoms with Crippen LogP contribution in [0.4, 0.5) is 0 Å². The first-order valence-corrected chi connectivity index (χ1v) is 23.4. The summed E-state index contributed by atoms with van der Waals surface area (Å²) in [5.74, 6) is 1.72. The number of fused-ring (bicyclic) bond motifs is 9. The first-order valence-electron chi connectivity index (χ1n) is 23.4. The molecular formula is C63H40N6. The number of para-hydroxylation sites is 4. The van der Waals surface area contributed by atoms with Gasteiger partial charge in [-0.1, -0.05) is 194 Å². The number of rotatable bonds is 7. The Hall–Kier alpha value is -9.39. The molecule has 14 rings (SSSR count). The third-order valence-electron chi connectivity index (χ3n) is 13.7. The normalized spacial score (nSPS) is 11.8. The zero-order valence-electron chi connectivity index (χ0n) is 37.3. The predicted octanol–water partition coefficient (Wildman–Crippen LogP) is 15.8. The third-order valence-corrected chi connectivity index (χ3v) is 13.7. The Bertz CT molecular complexity index is 4230. The van der Waals surface area contributed by atoms with E-state index in [2.05, 4.69) is 232 Å². The number of benzene rings is 10. The van der Waals surface area contributed by atoms with Crippen molar-refractivity contribution in [3.05, 3.63) is 243 Å². The van der Waals surface area contributed by atoms with Gasteiger partial charge in [-0.3, -0.25) is 4.57 Å². The van der Waals surface area contributed by atoms with Gasteiger partial charge in [0.15, 0.2) is 11.6 Å². The smallest absolute Gasteiger partial charge is 0.238 e. The van der Waals surface area contributed by atoms with Gasteiger partial charge in [0, 0.05) is 43.4 Å². The Labute approximate surface area is 397 Å². The van der Waals surface area contributed by atoms with Gasteiger partial charge in [0.05, 0.1) is 44.5 Å². The van der Waals surface area contributed by atoms with Crippen LogP contribution in [0.5, 0.6) is 0 Å². The number of hydrogen-bond acceptors (Lipinski definition) is 3. The molecule has 4 aromatic heterocycles. The molecule has 0 bridgehead atoms. The van der Waals surface area contributed by atoms with Crippen molar-refractivity contribution in [2.24, 2.45) is 0 Å². The maximum Gasteiger partial charge on any atom is 0.238 e. The lowest BCUT2D eigenvalue weighted by atomic mass is 10.0. The van der Waals surface area contributed by atoms with Crippen LogP contribution >= 0.6 is 0 Å². The van der Waals surface area contributed by atoms with Crippen LogP contribution in [-0.2, 0) is 0 Å². The Balaban J connectivity index is 1.10. The SMILES string of the molecule is c1ccc(-c2ccc(-c3nc(-c4ccccc4)nc(-n4c5cccc(-n6c7ccccc7c7cc(-c8ccccc8)ccc76)c5c5cccc(-n6c7ccccc7c7ccccc76)c54)n3)cc2)cc1. The molecule has 0 unspecified atom stereocenters. The number of aromatic nitrogens is 6. The lowest BCUT2D eigenvalue weighted by Crippen LogP contribution is -2.08. The highest BCUT2D eigenvalue weighted by Gasteiger charge is 2.25. The molecule has 69 heavy (non-hydrogen) atoms. The lowest BCUT2D eigenvalue weighted by molar-refractivity contribution is 0.949. The molecule has 322 valence electrons. The fourth-order valence-corrected chi connectivity index (χ4v) is 10.6. The predicted molar refractivity (Wildman–Crippen MR) is 285 cm³/mol. The van der Waals surface area contributed by atoms with Gasteiger partial charge in [0.25, 0.3) is 0 Å². The second kappa shape index (κ2) is 15.6. The van der Waals surface area contributed by atoms with Crippen molar-refractivity contribution in [1.29, 1.82) is 0 Å². The molecule has 6 heteroatoms. The van der Waals surface area contributed by atoms with Crippen molar-refractivity contribution in [1.82, 2.24) is 28.7 Å². The van der Waals surface area contributed by atoms with Crippen LogP contribution in [0.3, 0.4) is 0 Å². The summed E-state index contributed by atoms with van der Waals surface area (Å²) in [6.07, 6.45) is 0. The summed E-state index contributed by atoms with van der Waals surface area (Å²) in [6.45, 7) is 0. The van der Waals surface area contributed by atoms with Crippen LogP contribution in [0.2, 0.25) is 0 Å². The Morgan fingerprint density at radius 3 is 1.28 bits per heavy atom. The van der Waals surface area contributed by atoms with Crippen LogP contribution in [0.15, 0.2) is 243 Å². The molecule has 0 amide bonds. The van der Waals surface area contributed by atoms with Gasteiger partial charge in [-0.15, -0.1) is 0 Å². The fourth-order valence-electron chi connectivity index (χ4n) is 10.6. The lowest BCUT2D eigenvalue weighted by Gasteiger charge is -2.15. The van der Waals surface area contributed by atoms with E-state index in [4.69, 9.17) is 15.0 Å². The molecular weight excluding hydrogens is 841 g/mol. The van der Waals surface area contributed by atoms with Gasteiger partial charge in [0.2, 0.25) is 5.95 Å². The molecule has 0 aliphatic carbocycles. The molecule has 0 atom stereocenters. The molecule has 0 N–H and O–H groups in total. The highest BCUT2D eigenvalue weighted by Crippen LogP contribution is 2.44. The van der Waals surface area contributed by atoms with Crippen molar-refractivity contribution in [2.45, 2.75) is 0 Å². The van der Waals surface area contributed by atoms with E-state index in [1.54, 1.807) is 0 Å². The maximum absolute atomic E-state index is 5.48. The molecule has 0 aliphatic heterocycles. The molecule has 0 aliphatic rings. The summed E-state index contributed by atoms with van der Waals surface area (Å²) >= 11 is 0. The largest absolute Gasteiger partial charge is 0.309 e.